The summed E-state index contributed by atoms with van der Waals surface area (Å²) in [5.41, 5.74) is 3.45. The lowest BCUT2D eigenvalue weighted by Gasteiger charge is -2.28. The van der Waals surface area contributed by atoms with Crippen LogP contribution in [0.3, 0.4) is 0 Å². The average Bonchev–Trinajstić information content (AvgIpc) is 2.14. The predicted molar refractivity (Wildman–Crippen MR) is 73.0 cm³/mol. The Kier molecular flexibility index (Phi) is 3.52. The first-order chi connectivity index (χ1) is 7.12. The number of benzene rings is 1. The molecule has 0 aliphatic carbocycles. The minimum absolute atomic E-state index is 0.253. The molecule has 0 heterocycles. The van der Waals surface area contributed by atoms with Gasteiger partial charge in [-0.15, -0.1) is 0 Å². The lowest BCUT2D eigenvalue weighted by atomic mass is 9.77. The van der Waals surface area contributed by atoms with Crippen LogP contribution >= 0.6 is 0 Å². The molecule has 90 valence electrons. The molecule has 0 radical (unpaired) electrons. The van der Waals surface area contributed by atoms with E-state index < -0.39 is 0 Å². The van der Waals surface area contributed by atoms with Crippen molar-refractivity contribution in [2.24, 2.45) is 5.41 Å². The summed E-state index contributed by atoms with van der Waals surface area (Å²) in [6.07, 6.45) is 0. The highest BCUT2D eigenvalue weighted by Gasteiger charge is 2.22. The molecule has 0 unspecified atom stereocenters. The summed E-state index contributed by atoms with van der Waals surface area (Å²) in [5.74, 6) is 0.599. The van der Waals surface area contributed by atoms with Crippen LogP contribution in [0.5, 0.6) is 0 Å². The second kappa shape index (κ2) is 4.24. The lowest BCUT2D eigenvalue weighted by molar-refractivity contribution is 0.339. The van der Waals surface area contributed by atoms with Gasteiger partial charge in [0, 0.05) is 0 Å². The van der Waals surface area contributed by atoms with Crippen molar-refractivity contribution in [3.8, 4) is 0 Å². The monoisotopic (exact) mass is 218 g/mol. The Morgan fingerprint density at radius 1 is 0.812 bits per heavy atom. The van der Waals surface area contributed by atoms with Crippen LogP contribution in [0.15, 0.2) is 24.3 Å². The summed E-state index contributed by atoms with van der Waals surface area (Å²) in [7, 11) is 0. The van der Waals surface area contributed by atoms with Crippen LogP contribution in [0.1, 0.15) is 65.5 Å². The van der Waals surface area contributed by atoms with Crippen LogP contribution in [0.4, 0.5) is 0 Å². The minimum Gasteiger partial charge on any atom is -0.0596 e. The Hall–Kier alpha value is -0.780. The van der Waals surface area contributed by atoms with Crippen molar-refractivity contribution in [1.29, 1.82) is 0 Å². The maximum atomic E-state index is 2.31. The van der Waals surface area contributed by atoms with Crippen LogP contribution < -0.4 is 0 Å². The number of hydrogen-bond donors (Lipinski definition) is 0. The Balaban J connectivity index is 2.96. The van der Waals surface area contributed by atoms with Gasteiger partial charge in [0.25, 0.3) is 0 Å². The topological polar surface area (TPSA) is 0 Å². The molecule has 16 heavy (non-hydrogen) atoms. The van der Waals surface area contributed by atoms with Crippen molar-refractivity contribution in [2.45, 2.75) is 59.8 Å². The van der Waals surface area contributed by atoms with Gasteiger partial charge >= 0.3 is 0 Å². The van der Waals surface area contributed by atoms with E-state index in [1.165, 1.54) is 11.1 Å². The van der Waals surface area contributed by atoms with E-state index in [0.717, 1.165) is 0 Å². The average molecular weight is 218 g/mol. The maximum absolute atomic E-state index is 2.31. The summed E-state index contributed by atoms with van der Waals surface area (Å²) in [5, 5.41) is 0. The molecular formula is C16H26. The molecule has 0 fully saturated rings. The van der Waals surface area contributed by atoms with E-state index in [2.05, 4.69) is 72.7 Å². The van der Waals surface area contributed by atoms with Crippen molar-refractivity contribution in [3.63, 3.8) is 0 Å². The van der Waals surface area contributed by atoms with E-state index in [0.29, 0.717) is 11.3 Å². The van der Waals surface area contributed by atoms with Gasteiger partial charge in [-0.2, -0.15) is 0 Å². The molecule has 0 spiro atoms. The van der Waals surface area contributed by atoms with Crippen LogP contribution in [-0.2, 0) is 5.41 Å². The number of rotatable bonds is 1. The van der Waals surface area contributed by atoms with E-state index in [-0.39, 0.29) is 5.41 Å². The summed E-state index contributed by atoms with van der Waals surface area (Å²) in [6.45, 7) is 16.0. The Labute approximate surface area is 101 Å². The Morgan fingerprint density at radius 2 is 1.25 bits per heavy atom. The van der Waals surface area contributed by atoms with Crippen molar-refractivity contribution in [3.05, 3.63) is 35.4 Å². The second-order valence-electron chi connectivity index (χ2n) is 6.96. The predicted octanol–water partition coefficient (Wildman–Crippen LogP) is 5.13. The van der Waals surface area contributed by atoms with Gasteiger partial charge in [-0.1, -0.05) is 72.7 Å². The zero-order valence-corrected chi connectivity index (χ0v) is 11.9. The molecule has 0 N–H and O–H groups in total. The summed E-state index contributed by atoms with van der Waals surface area (Å²) in [4.78, 5) is 0. The van der Waals surface area contributed by atoms with Crippen LogP contribution in [-0.4, -0.2) is 0 Å². The van der Waals surface area contributed by atoms with Gasteiger partial charge in [-0.25, -0.2) is 0 Å². The van der Waals surface area contributed by atoms with Gasteiger partial charge < -0.3 is 0 Å². The van der Waals surface area contributed by atoms with Crippen molar-refractivity contribution in [2.75, 3.05) is 0 Å². The highest BCUT2D eigenvalue weighted by Crippen LogP contribution is 2.35. The van der Waals surface area contributed by atoms with E-state index >= 15 is 0 Å². The molecule has 0 aliphatic rings. The fraction of sp³-hybridized carbons (Fsp3) is 0.625. The Morgan fingerprint density at radius 3 is 1.56 bits per heavy atom. The van der Waals surface area contributed by atoms with Crippen LogP contribution in [0, 0.1) is 5.41 Å². The third-order valence-corrected chi connectivity index (χ3v) is 3.58. The van der Waals surface area contributed by atoms with Gasteiger partial charge in [-0.05, 0) is 27.9 Å². The van der Waals surface area contributed by atoms with Gasteiger partial charge in [0.1, 0.15) is 0 Å². The third-order valence-electron chi connectivity index (χ3n) is 3.58. The first-order valence-corrected chi connectivity index (χ1v) is 6.23. The molecule has 0 aliphatic heterocycles. The van der Waals surface area contributed by atoms with E-state index in [4.69, 9.17) is 0 Å². The molecule has 0 amide bonds. The van der Waals surface area contributed by atoms with Gasteiger partial charge in [-0.3, -0.25) is 0 Å². The Bertz CT molecular complexity index is 330. The zero-order valence-electron chi connectivity index (χ0n) is 11.9. The smallest absolute Gasteiger partial charge is 0.0132 e. The zero-order chi connectivity index (χ0) is 12.6. The molecule has 0 bridgehead atoms. The molecule has 0 aromatic heterocycles. The molecule has 1 aromatic rings. The molecule has 1 rings (SSSR count). The summed E-state index contributed by atoms with van der Waals surface area (Å²) >= 11 is 0. The quantitative estimate of drug-likeness (QED) is 0.612. The van der Waals surface area contributed by atoms with E-state index in [1.54, 1.807) is 0 Å². The molecule has 0 saturated heterocycles. The second-order valence-corrected chi connectivity index (χ2v) is 6.96. The van der Waals surface area contributed by atoms with E-state index in [9.17, 15) is 0 Å². The molecule has 1 aromatic carbocycles. The van der Waals surface area contributed by atoms with Gasteiger partial charge in [0.05, 0.1) is 0 Å². The maximum Gasteiger partial charge on any atom is -0.0132 e. The molecule has 0 saturated carbocycles. The summed E-state index contributed by atoms with van der Waals surface area (Å²) in [6, 6.07) is 9.13. The molecule has 1 atom stereocenters. The van der Waals surface area contributed by atoms with Crippen LogP contribution in [0.2, 0.25) is 0 Å². The number of hydrogen-bond acceptors (Lipinski definition) is 0. The third kappa shape index (κ3) is 3.10. The fourth-order valence-corrected chi connectivity index (χ4v) is 1.77. The van der Waals surface area contributed by atoms with Crippen molar-refractivity contribution in [1.82, 2.24) is 0 Å². The normalized spacial score (nSPS) is 14.9. The molecule has 0 nitrogen and oxygen atoms in total. The van der Waals surface area contributed by atoms with Crippen molar-refractivity contribution >= 4 is 0 Å². The standard InChI is InChI=1S/C16H26/c1-12(15(2,3)4)13-8-10-14(11-9-13)16(5,6)7/h8-12H,1-7H3/t12-/m0/s1. The van der Waals surface area contributed by atoms with Gasteiger partial charge in [0.2, 0.25) is 0 Å². The molecular weight excluding hydrogens is 192 g/mol. The summed E-state index contributed by atoms with van der Waals surface area (Å²) < 4.78 is 0. The van der Waals surface area contributed by atoms with Gasteiger partial charge in [0.15, 0.2) is 0 Å². The van der Waals surface area contributed by atoms with E-state index in [1.807, 2.05) is 0 Å². The SMILES string of the molecule is C[C@@H](c1ccc(C(C)(C)C)cc1)C(C)(C)C. The minimum atomic E-state index is 0.253. The highest BCUT2D eigenvalue weighted by molar-refractivity contribution is 5.29. The largest absolute Gasteiger partial charge is 0.0596 e. The van der Waals surface area contributed by atoms with Crippen molar-refractivity contribution < 1.29 is 0 Å². The fourth-order valence-electron chi connectivity index (χ4n) is 1.77. The molecule has 0 heteroatoms. The lowest BCUT2D eigenvalue weighted by Crippen LogP contribution is -2.16. The first kappa shape index (κ1) is 13.3. The highest BCUT2D eigenvalue weighted by atomic mass is 14.3. The first-order valence-electron chi connectivity index (χ1n) is 6.23. The van der Waals surface area contributed by atoms with Crippen LogP contribution in [0.25, 0.3) is 0 Å².